The maximum absolute atomic E-state index is 10.4. The van der Waals surface area contributed by atoms with Crippen LogP contribution in [0.4, 0.5) is 0 Å². The third-order valence-corrected chi connectivity index (χ3v) is 2.21. The summed E-state index contributed by atoms with van der Waals surface area (Å²) in [6.45, 7) is 3.09. The number of hydrogen-bond donors (Lipinski definition) is 4. The lowest BCUT2D eigenvalue weighted by atomic mass is 10.1. The number of carboxylic acid groups (broad SMARTS) is 1. The minimum absolute atomic E-state index is 0.165. The van der Waals surface area contributed by atoms with Gasteiger partial charge in [-0.05, 0) is 0 Å². The molecule has 6 heteroatoms. The Morgan fingerprint density at radius 2 is 2.20 bits per heavy atom. The van der Waals surface area contributed by atoms with Gasteiger partial charge in [0.2, 0.25) is 0 Å². The molecular formula is C9H16O5S. The molecule has 0 aromatic carbocycles. The molecule has 0 aromatic rings. The molecule has 0 fully saturated rings. The average Bonchev–Trinajstić information content (AvgIpc) is 2.16. The van der Waals surface area contributed by atoms with E-state index in [1.807, 2.05) is 0 Å². The van der Waals surface area contributed by atoms with E-state index in [0.717, 1.165) is 0 Å². The maximum atomic E-state index is 10.4. The minimum Gasteiger partial charge on any atom is -0.481 e. The molecule has 3 N–H and O–H groups in total. The van der Waals surface area contributed by atoms with E-state index in [9.17, 15) is 9.90 Å². The highest BCUT2D eigenvalue weighted by molar-refractivity contribution is 7.81. The van der Waals surface area contributed by atoms with E-state index >= 15 is 0 Å². The Morgan fingerprint density at radius 3 is 2.60 bits per heavy atom. The van der Waals surface area contributed by atoms with Crippen LogP contribution in [0, 0.1) is 0 Å². The molecule has 0 spiro atoms. The molecular weight excluding hydrogens is 220 g/mol. The molecule has 15 heavy (non-hydrogen) atoms. The summed E-state index contributed by atoms with van der Waals surface area (Å²) in [7, 11) is 0. The summed E-state index contributed by atoms with van der Waals surface area (Å²) in [5, 5.41) is 26.0. The van der Waals surface area contributed by atoms with Gasteiger partial charge in [0.25, 0.3) is 0 Å². The van der Waals surface area contributed by atoms with Gasteiger partial charge in [0.05, 0.1) is 25.7 Å². The van der Waals surface area contributed by atoms with Crippen LogP contribution in [0.2, 0.25) is 0 Å². The van der Waals surface area contributed by atoms with Crippen molar-refractivity contribution in [3.63, 3.8) is 0 Å². The molecule has 3 atom stereocenters. The largest absolute Gasteiger partial charge is 0.481 e. The zero-order chi connectivity index (χ0) is 11.8. The molecule has 0 saturated heterocycles. The molecule has 88 valence electrons. The van der Waals surface area contributed by atoms with Crippen molar-refractivity contribution in [2.45, 2.75) is 23.9 Å². The first-order valence-electron chi connectivity index (χ1n) is 4.44. The van der Waals surface area contributed by atoms with Crippen LogP contribution in [-0.2, 0) is 9.53 Å². The smallest absolute Gasteiger partial charge is 0.304 e. The van der Waals surface area contributed by atoms with Gasteiger partial charge in [0.1, 0.15) is 6.10 Å². The molecule has 0 bridgehead atoms. The molecule has 0 heterocycles. The van der Waals surface area contributed by atoms with Crippen LogP contribution >= 0.6 is 12.6 Å². The van der Waals surface area contributed by atoms with Crippen molar-refractivity contribution >= 4 is 18.6 Å². The normalized spacial score (nSPS) is 16.7. The lowest BCUT2D eigenvalue weighted by molar-refractivity contribution is -0.138. The Bertz CT molecular complexity index is 209. The van der Waals surface area contributed by atoms with Crippen LogP contribution in [0.1, 0.15) is 6.42 Å². The van der Waals surface area contributed by atoms with E-state index in [4.69, 9.17) is 14.9 Å². The lowest BCUT2D eigenvalue weighted by Crippen LogP contribution is -2.40. The van der Waals surface area contributed by atoms with Crippen molar-refractivity contribution in [3.05, 3.63) is 12.7 Å². The van der Waals surface area contributed by atoms with Crippen molar-refractivity contribution in [2.75, 3.05) is 13.2 Å². The monoisotopic (exact) mass is 236 g/mol. The molecule has 0 radical (unpaired) electrons. The molecule has 0 amide bonds. The number of aliphatic carboxylic acids is 1. The molecule has 5 nitrogen and oxygen atoms in total. The fraction of sp³-hybridized carbons (Fsp3) is 0.667. The van der Waals surface area contributed by atoms with Crippen LogP contribution < -0.4 is 0 Å². The predicted molar refractivity (Wildman–Crippen MR) is 58.1 cm³/mol. The Kier molecular flexibility index (Phi) is 7.41. The Hall–Kier alpha value is -0.560. The fourth-order valence-corrected chi connectivity index (χ4v) is 1.50. The second-order valence-electron chi connectivity index (χ2n) is 3.00. The summed E-state index contributed by atoms with van der Waals surface area (Å²) in [5.41, 5.74) is 0. The van der Waals surface area contributed by atoms with E-state index in [0.29, 0.717) is 0 Å². The Balaban J connectivity index is 4.31. The van der Waals surface area contributed by atoms with Crippen LogP contribution in [0.5, 0.6) is 0 Å². The number of carboxylic acids is 1. The van der Waals surface area contributed by atoms with Crippen molar-refractivity contribution in [2.24, 2.45) is 0 Å². The fourth-order valence-electron chi connectivity index (χ4n) is 1.06. The second kappa shape index (κ2) is 7.70. The molecule has 0 rings (SSSR count). The van der Waals surface area contributed by atoms with Gasteiger partial charge in [-0.1, -0.05) is 6.08 Å². The van der Waals surface area contributed by atoms with Gasteiger partial charge in [-0.3, -0.25) is 4.79 Å². The molecule has 0 aliphatic heterocycles. The van der Waals surface area contributed by atoms with Gasteiger partial charge >= 0.3 is 5.97 Å². The third kappa shape index (κ3) is 5.78. The number of carbonyl (C=O) groups is 1. The van der Waals surface area contributed by atoms with Crippen molar-refractivity contribution in [1.82, 2.24) is 0 Å². The van der Waals surface area contributed by atoms with Crippen LogP contribution in [-0.4, -0.2) is 52.0 Å². The minimum atomic E-state index is -1.15. The molecule has 0 aliphatic rings. The lowest BCUT2D eigenvalue weighted by Gasteiger charge is -2.25. The molecule has 0 saturated carbocycles. The maximum Gasteiger partial charge on any atom is 0.304 e. The summed E-state index contributed by atoms with van der Waals surface area (Å²) in [5.74, 6) is -1.03. The number of ether oxygens (including phenoxy) is 1. The molecule has 0 aromatic heterocycles. The number of rotatable bonds is 8. The van der Waals surface area contributed by atoms with E-state index in [2.05, 4.69) is 19.2 Å². The van der Waals surface area contributed by atoms with Crippen LogP contribution in [0.15, 0.2) is 12.7 Å². The van der Waals surface area contributed by atoms with Gasteiger partial charge in [-0.15, -0.1) is 6.58 Å². The summed E-state index contributed by atoms with van der Waals surface area (Å²) in [4.78, 5) is 10.4. The van der Waals surface area contributed by atoms with Gasteiger partial charge < -0.3 is 20.1 Å². The van der Waals surface area contributed by atoms with Gasteiger partial charge in [0, 0.05) is 5.25 Å². The topological polar surface area (TPSA) is 87.0 Å². The van der Waals surface area contributed by atoms with E-state index in [1.54, 1.807) is 0 Å². The Morgan fingerprint density at radius 1 is 1.60 bits per heavy atom. The van der Waals surface area contributed by atoms with Gasteiger partial charge in [-0.25, -0.2) is 0 Å². The number of thiol groups is 1. The van der Waals surface area contributed by atoms with E-state index < -0.39 is 30.0 Å². The first-order valence-corrected chi connectivity index (χ1v) is 4.95. The zero-order valence-electron chi connectivity index (χ0n) is 8.24. The summed E-state index contributed by atoms with van der Waals surface area (Å²) in [6, 6.07) is 0. The predicted octanol–water partition coefficient (Wildman–Crippen LogP) is -0.316. The van der Waals surface area contributed by atoms with Crippen LogP contribution in [0.25, 0.3) is 0 Å². The second-order valence-corrected chi connectivity index (χ2v) is 3.67. The van der Waals surface area contributed by atoms with Crippen molar-refractivity contribution < 1.29 is 24.9 Å². The van der Waals surface area contributed by atoms with Crippen molar-refractivity contribution in [1.29, 1.82) is 0 Å². The standard InChI is InChI=1S/C9H16O5S/c1-2-3-14-9(6(11)5-10)7(15)4-8(12)13/h2,6-7,9-11,15H,1,3-5H2,(H,12,13). The first kappa shape index (κ1) is 14.4. The first-order chi connectivity index (χ1) is 7.02. The number of aliphatic hydroxyl groups excluding tert-OH is 2. The van der Waals surface area contributed by atoms with E-state index in [1.165, 1.54) is 6.08 Å². The highest BCUT2D eigenvalue weighted by Gasteiger charge is 2.27. The number of hydrogen-bond acceptors (Lipinski definition) is 5. The van der Waals surface area contributed by atoms with E-state index in [-0.39, 0.29) is 13.0 Å². The van der Waals surface area contributed by atoms with Gasteiger partial charge in [-0.2, -0.15) is 12.6 Å². The summed E-state index contributed by atoms with van der Waals surface area (Å²) in [6.07, 6.45) is -0.750. The highest BCUT2D eigenvalue weighted by Crippen LogP contribution is 2.15. The molecule has 3 unspecified atom stereocenters. The SMILES string of the molecule is C=CCOC(C(O)CO)C(S)CC(=O)O. The van der Waals surface area contributed by atoms with Gasteiger partial charge in [0.15, 0.2) is 0 Å². The average molecular weight is 236 g/mol. The highest BCUT2D eigenvalue weighted by atomic mass is 32.1. The quantitative estimate of drug-likeness (QED) is 0.343. The van der Waals surface area contributed by atoms with Crippen molar-refractivity contribution in [3.8, 4) is 0 Å². The summed E-state index contributed by atoms with van der Waals surface area (Å²) >= 11 is 4.02. The summed E-state index contributed by atoms with van der Waals surface area (Å²) < 4.78 is 5.14. The van der Waals surface area contributed by atoms with Crippen LogP contribution in [0.3, 0.4) is 0 Å². The molecule has 0 aliphatic carbocycles. The zero-order valence-corrected chi connectivity index (χ0v) is 9.14. The Labute approximate surface area is 93.8 Å². The number of aliphatic hydroxyl groups is 2. The third-order valence-electron chi connectivity index (χ3n) is 1.74.